The molecule has 1 amide bonds. The third-order valence-corrected chi connectivity index (χ3v) is 5.49. The first kappa shape index (κ1) is 22.5. The Labute approximate surface area is 187 Å². The Morgan fingerprint density at radius 2 is 1.61 bits per heavy atom. The van der Waals surface area contributed by atoms with Crippen molar-refractivity contribution in [2.75, 3.05) is 23.6 Å². The van der Waals surface area contributed by atoms with Crippen LogP contribution in [0, 0.1) is 26.6 Å². The average Bonchev–Trinajstić information content (AvgIpc) is 2.74. The second-order valence-corrected chi connectivity index (χ2v) is 7.69. The van der Waals surface area contributed by atoms with Gasteiger partial charge >= 0.3 is 12.2 Å². The zero-order valence-corrected chi connectivity index (χ0v) is 18.3. The summed E-state index contributed by atoms with van der Waals surface area (Å²) < 4.78 is 59.2. The van der Waals surface area contributed by atoms with Crippen molar-refractivity contribution in [3.05, 3.63) is 70.3 Å². The molecule has 0 atom stereocenters. The van der Waals surface area contributed by atoms with Crippen LogP contribution in [0.4, 0.5) is 34.6 Å². The second kappa shape index (κ2) is 8.02. The van der Waals surface area contributed by atoms with Crippen LogP contribution in [0.1, 0.15) is 32.9 Å². The zero-order valence-electron chi connectivity index (χ0n) is 18.3. The van der Waals surface area contributed by atoms with Crippen molar-refractivity contribution < 1.29 is 27.1 Å². The summed E-state index contributed by atoms with van der Waals surface area (Å²) in [6.07, 6.45) is -4.59. The van der Waals surface area contributed by atoms with Gasteiger partial charge < -0.3 is 9.64 Å². The molecule has 33 heavy (non-hydrogen) atoms. The van der Waals surface area contributed by atoms with Crippen LogP contribution >= 0.6 is 0 Å². The van der Waals surface area contributed by atoms with Crippen LogP contribution in [-0.4, -0.2) is 29.7 Å². The molecule has 1 aliphatic rings. The molecule has 0 unspecified atom stereocenters. The molecule has 1 aliphatic heterocycles. The number of aryl methyl sites for hydroxylation is 3. The van der Waals surface area contributed by atoms with Gasteiger partial charge in [-0.2, -0.15) is 23.1 Å². The number of ether oxygens (including phenoxy) is 1. The highest BCUT2D eigenvalue weighted by molar-refractivity contribution is 6.13. The van der Waals surface area contributed by atoms with Crippen LogP contribution in [0.2, 0.25) is 0 Å². The van der Waals surface area contributed by atoms with E-state index in [2.05, 4.69) is 9.97 Å². The van der Waals surface area contributed by atoms with Gasteiger partial charge in [-0.05, 0) is 62.7 Å². The van der Waals surface area contributed by atoms with Gasteiger partial charge in [0.2, 0.25) is 0 Å². The molecular formula is C23H20F4N4O2. The van der Waals surface area contributed by atoms with Gasteiger partial charge in [0.05, 0.1) is 41.0 Å². The first-order valence-electron chi connectivity index (χ1n) is 9.97. The number of amides is 1. The number of alkyl halides is 3. The van der Waals surface area contributed by atoms with Gasteiger partial charge in [0, 0.05) is 5.69 Å². The van der Waals surface area contributed by atoms with E-state index < -0.39 is 23.5 Å². The van der Waals surface area contributed by atoms with Gasteiger partial charge in [-0.25, -0.2) is 4.39 Å². The number of fused-ring (bicyclic) bond motifs is 1. The summed E-state index contributed by atoms with van der Waals surface area (Å²) in [6.45, 7) is 4.92. The molecule has 172 valence electrons. The molecule has 3 aromatic rings. The highest BCUT2D eigenvalue weighted by Crippen LogP contribution is 2.41. The number of anilines is 3. The number of hydrogen-bond acceptors (Lipinski definition) is 5. The highest BCUT2D eigenvalue weighted by Gasteiger charge is 2.37. The Morgan fingerprint density at radius 3 is 2.18 bits per heavy atom. The summed E-state index contributed by atoms with van der Waals surface area (Å²) in [5, 5.41) is 0. The van der Waals surface area contributed by atoms with Crippen molar-refractivity contribution in [3.63, 3.8) is 0 Å². The minimum absolute atomic E-state index is 0.0765. The minimum Gasteiger partial charge on any atom is -0.467 e. The normalized spacial score (nSPS) is 13.9. The molecule has 4 rings (SSSR count). The lowest BCUT2D eigenvalue weighted by Gasteiger charge is -2.39. The second-order valence-electron chi connectivity index (χ2n) is 7.69. The molecule has 0 spiro atoms. The monoisotopic (exact) mass is 460 g/mol. The van der Waals surface area contributed by atoms with E-state index in [1.165, 1.54) is 30.2 Å². The van der Waals surface area contributed by atoms with Gasteiger partial charge in [0.25, 0.3) is 5.91 Å². The van der Waals surface area contributed by atoms with E-state index in [1.807, 2.05) is 0 Å². The van der Waals surface area contributed by atoms with Gasteiger partial charge in [-0.1, -0.05) is 0 Å². The van der Waals surface area contributed by atoms with E-state index in [9.17, 15) is 22.4 Å². The Hall–Kier alpha value is -3.69. The fourth-order valence-electron chi connectivity index (χ4n) is 4.00. The topological polar surface area (TPSA) is 58.6 Å². The molecule has 0 saturated heterocycles. The number of halogens is 4. The number of aromatic nitrogens is 2. The van der Waals surface area contributed by atoms with Gasteiger partial charge in [0.15, 0.2) is 0 Å². The Bertz CT molecular complexity index is 1240. The number of hydrogen-bond donors (Lipinski definition) is 0. The van der Waals surface area contributed by atoms with Crippen LogP contribution in [0.15, 0.2) is 36.4 Å². The summed E-state index contributed by atoms with van der Waals surface area (Å²) in [5.74, 6) is -0.963. The van der Waals surface area contributed by atoms with Gasteiger partial charge in [-0.3, -0.25) is 9.69 Å². The maximum Gasteiger partial charge on any atom is 0.416 e. The molecule has 6 nitrogen and oxygen atoms in total. The van der Waals surface area contributed by atoms with Crippen LogP contribution in [0.3, 0.4) is 0 Å². The third kappa shape index (κ3) is 3.96. The third-order valence-electron chi connectivity index (χ3n) is 5.49. The maximum atomic E-state index is 13.8. The van der Waals surface area contributed by atoms with Crippen LogP contribution in [0.5, 0.6) is 6.01 Å². The number of methoxy groups -OCH3 is 1. The van der Waals surface area contributed by atoms with E-state index in [-0.39, 0.29) is 23.9 Å². The lowest BCUT2D eigenvalue weighted by Crippen LogP contribution is -2.46. The van der Waals surface area contributed by atoms with Crippen LogP contribution in [-0.2, 0) is 6.18 Å². The first-order chi connectivity index (χ1) is 15.5. The quantitative estimate of drug-likeness (QED) is 0.495. The molecule has 0 fully saturated rings. The van der Waals surface area contributed by atoms with E-state index in [0.717, 1.165) is 18.2 Å². The van der Waals surface area contributed by atoms with Crippen LogP contribution in [0.25, 0.3) is 0 Å². The summed E-state index contributed by atoms with van der Waals surface area (Å²) in [4.78, 5) is 24.9. The smallest absolute Gasteiger partial charge is 0.416 e. The number of benzene rings is 2. The van der Waals surface area contributed by atoms with Crippen molar-refractivity contribution >= 4 is 23.0 Å². The SMILES string of the molecule is COc1nc(C)c(N2CN(c3ccc(F)cc3C)c3cc(C(F)(F)F)ccc3C2=O)c(C)n1. The molecule has 2 aromatic carbocycles. The van der Waals surface area contributed by atoms with Gasteiger partial charge in [-0.15, -0.1) is 0 Å². The average molecular weight is 460 g/mol. The van der Waals surface area contributed by atoms with Crippen molar-refractivity contribution in [2.45, 2.75) is 26.9 Å². The lowest BCUT2D eigenvalue weighted by atomic mass is 10.0. The van der Waals surface area contributed by atoms with Crippen molar-refractivity contribution in [1.29, 1.82) is 0 Å². The Balaban J connectivity index is 1.93. The summed E-state index contributed by atoms with van der Waals surface area (Å²) in [5.41, 5.74) is 1.63. The van der Waals surface area contributed by atoms with Gasteiger partial charge in [0.1, 0.15) is 12.5 Å². The Kier molecular flexibility index (Phi) is 5.47. The van der Waals surface area contributed by atoms with E-state index in [4.69, 9.17) is 4.74 Å². The molecule has 1 aromatic heterocycles. The molecule has 2 heterocycles. The summed E-state index contributed by atoms with van der Waals surface area (Å²) in [7, 11) is 1.42. The summed E-state index contributed by atoms with van der Waals surface area (Å²) in [6, 6.07) is 7.11. The largest absolute Gasteiger partial charge is 0.467 e. The Morgan fingerprint density at radius 1 is 0.939 bits per heavy atom. The minimum atomic E-state index is -4.59. The molecule has 0 aliphatic carbocycles. The predicted octanol–water partition coefficient (Wildman–Crippen LogP) is 5.32. The fraction of sp³-hybridized carbons (Fsp3) is 0.261. The van der Waals surface area contributed by atoms with Crippen molar-refractivity contribution in [1.82, 2.24) is 9.97 Å². The maximum absolute atomic E-state index is 13.8. The molecule has 10 heteroatoms. The first-order valence-corrected chi connectivity index (χ1v) is 9.97. The number of carbonyl (C=O) groups excluding carboxylic acids is 1. The molecule has 0 N–H and O–H groups in total. The van der Waals surface area contributed by atoms with Crippen molar-refractivity contribution in [3.8, 4) is 6.01 Å². The van der Waals surface area contributed by atoms with E-state index >= 15 is 0 Å². The van der Waals surface area contributed by atoms with Crippen LogP contribution < -0.4 is 14.5 Å². The van der Waals surface area contributed by atoms with E-state index in [1.54, 1.807) is 25.7 Å². The standard InChI is InChI=1S/C23H20F4N4O2/c1-12-9-16(24)6-8-18(12)30-11-31(20-13(2)28-22(33-4)29-14(20)3)21(32)17-7-5-15(10-19(17)30)23(25,26)27/h5-10H,11H2,1-4H3. The number of carbonyl (C=O) groups is 1. The summed E-state index contributed by atoms with van der Waals surface area (Å²) >= 11 is 0. The van der Waals surface area contributed by atoms with E-state index in [0.29, 0.717) is 28.3 Å². The predicted molar refractivity (Wildman–Crippen MR) is 114 cm³/mol. The lowest BCUT2D eigenvalue weighted by molar-refractivity contribution is -0.137. The fourth-order valence-corrected chi connectivity index (χ4v) is 4.00. The molecular weight excluding hydrogens is 440 g/mol. The molecule has 0 bridgehead atoms. The number of nitrogens with zero attached hydrogens (tertiary/aromatic N) is 4. The zero-order chi connectivity index (χ0) is 24.1. The van der Waals surface area contributed by atoms with Crippen molar-refractivity contribution in [2.24, 2.45) is 0 Å². The highest BCUT2D eigenvalue weighted by atomic mass is 19.4. The molecule has 0 saturated carbocycles. The molecule has 0 radical (unpaired) electrons. The number of rotatable bonds is 3.